The summed E-state index contributed by atoms with van der Waals surface area (Å²) >= 11 is 12.2. The highest BCUT2D eigenvalue weighted by atomic mass is 35.5. The van der Waals surface area contributed by atoms with Crippen molar-refractivity contribution in [2.75, 3.05) is 0 Å². The second-order valence-corrected chi connectivity index (χ2v) is 5.33. The fourth-order valence-electron chi connectivity index (χ4n) is 1.81. The molecule has 0 saturated carbocycles. The quantitative estimate of drug-likeness (QED) is 0.841. The molecule has 0 aliphatic rings. The Labute approximate surface area is 108 Å². The molecule has 2 atom stereocenters. The van der Waals surface area contributed by atoms with Gasteiger partial charge in [-0.2, -0.15) is 0 Å². The van der Waals surface area contributed by atoms with Crippen LogP contribution >= 0.6 is 23.2 Å². The van der Waals surface area contributed by atoms with E-state index < -0.39 is 0 Å². The van der Waals surface area contributed by atoms with Crippen LogP contribution in [0.1, 0.15) is 39.2 Å². The molecule has 90 valence electrons. The van der Waals surface area contributed by atoms with Crippen molar-refractivity contribution in [2.24, 2.45) is 0 Å². The van der Waals surface area contributed by atoms with E-state index in [1.165, 1.54) is 0 Å². The molecule has 0 aliphatic heterocycles. The molecule has 1 aromatic rings. The Morgan fingerprint density at radius 1 is 1.06 bits per heavy atom. The van der Waals surface area contributed by atoms with Crippen molar-refractivity contribution in [3.63, 3.8) is 0 Å². The first-order chi connectivity index (χ1) is 7.43. The average molecular weight is 260 g/mol. The van der Waals surface area contributed by atoms with Gasteiger partial charge in [-0.15, -0.1) is 0 Å². The van der Waals surface area contributed by atoms with Gasteiger partial charge >= 0.3 is 0 Å². The van der Waals surface area contributed by atoms with Gasteiger partial charge in [-0.25, -0.2) is 0 Å². The van der Waals surface area contributed by atoms with E-state index >= 15 is 0 Å². The van der Waals surface area contributed by atoms with Gasteiger partial charge in [0.25, 0.3) is 0 Å². The molecule has 3 heteroatoms. The van der Waals surface area contributed by atoms with Crippen molar-refractivity contribution in [1.82, 2.24) is 5.32 Å². The molecule has 0 bridgehead atoms. The summed E-state index contributed by atoms with van der Waals surface area (Å²) < 4.78 is 0. The first-order valence-corrected chi connectivity index (χ1v) is 6.39. The average Bonchev–Trinajstić information content (AvgIpc) is 2.20. The van der Waals surface area contributed by atoms with Gasteiger partial charge in [0.15, 0.2) is 0 Å². The van der Waals surface area contributed by atoms with Crippen molar-refractivity contribution >= 4 is 23.2 Å². The predicted molar refractivity (Wildman–Crippen MR) is 72.6 cm³/mol. The van der Waals surface area contributed by atoms with Gasteiger partial charge in [0, 0.05) is 12.1 Å². The summed E-state index contributed by atoms with van der Waals surface area (Å²) in [5.41, 5.74) is 1.11. The van der Waals surface area contributed by atoms with Crippen molar-refractivity contribution in [2.45, 2.75) is 45.7 Å². The molecule has 1 aromatic carbocycles. The number of benzene rings is 1. The molecule has 0 saturated heterocycles. The summed E-state index contributed by atoms with van der Waals surface area (Å²) in [7, 11) is 0. The zero-order valence-corrected chi connectivity index (χ0v) is 11.7. The van der Waals surface area contributed by atoms with Crippen LogP contribution in [0.5, 0.6) is 0 Å². The lowest BCUT2D eigenvalue weighted by Gasteiger charge is -2.25. The Morgan fingerprint density at radius 2 is 1.69 bits per heavy atom. The van der Waals surface area contributed by atoms with Crippen LogP contribution in [0, 0.1) is 0 Å². The van der Waals surface area contributed by atoms with Crippen molar-refractivity contribution in [3.05, 3.63) is 33.8 Å². The monoisotopic (exact) mass is 259 g/mol. The van der Waals surface area contributed by atoms with E-state index in [0.717, 1.165) is 5.56 Å². The molecule has 1 nitrogen and oxygen atoms in total. The molecule has 0 aliphatic carbocycles. The summed E-state index contributed by atoms with van der Waals surface area (Å²) in [5.74, 6) is 0.341. The van der Waals surface area contributed by atoms with Gasteiger partial charge in [0.1, 0.15) is 0 Å². The summed E-state index contributed by atoms with van der Waals surface area (Å²) in [6, 6.07) is 6.64. The Balaban J connectivity index is 2.87. The lowest BCUT2D eigenvalue weighted by Crippen LogP contribution is -2.36. The Bertz CT molecular complexity index is 350. The largest absolute Gasteiger partial charge is 0.311 e. The molecule has 0 spiro atoms. The van der Waals surface area contributed by atoms with Gasteiger partial charge in [-0.3, -0.25) is 0 Å². The molecule has 0 radical (unpaired) electrons. The van der Waals surface area contributed by atoms with Crippen LogP contribution in [0.2, 0.25) is 10.0 Å². The highest BCUT2D eigenvalue weighted by molar-refractivity contribution is 6.42. The molecule has 1 N–H and O–H groups in total. The summed E-state index contributed by atoms with van der Waals surface area (Å²) in [6.45, 7) is 8.62. The highest BCUT2D eigenvalue weighted by Gasteiger charge is 2.18. The first kappa shape index (κ1) is 13.8. The van der Waals surface area contributed by atoms with Crippen molar-refractivity contribution in [3.8, 4) is 0 Å². The van der Waals surface area contributed by atoms with Crippen LogP contribution in [-0.4, -0.2) is 12.1 Å². The van der Waals surface area contributed by atoms with Gasteiger partial charge in [0.05, 0.1) is 10.0 Å². The third kappa shape index (κ3) is 3.38. The molecule has 0 amide bonds. The Kier molecular flexibility index (Phi) is 5.10. The maximum atomic E-state index is 6.21. The van der Waals surface area contributed by atoms with Gasteiger partial charge < -0.3 is 5.32 Å². The summed E-state index contributed by atoms with van der Waals surface area (Å²) in [4.78, 5) is 0. The second kappa shape index (κ2) is 5.90. The van der Waals surface area contributed by atoms with Crippen LogP contribution in [0.25, 0.3) is 0 Å². The minimum absolute atomic E-state index is 0.341. The van der Waals surface area contributed by atoms with Gasteiger partial charge in [-0.1, -0.05) is 56.1 Å². The summed E-state index contributed by atoms with van der Waals surface area (Å²) in [5, 5.41) is 4.79. The number of halogens is 2. The number of nitrogens with one attached hydrogen (secondary N) is 1. The molecule has 16 heavy (non-hydrogen) atoms. The molecule has 0 fully saturated rings. The minimum atomic E-state index is 0.341. The third-order valence-electron chi connectivity index (χ3n) is 2.82. The standard InChI is InChI=1S/C13H19Cl2N/c1-8(2)16-10(4)9(3)11-6-5-7-12(14)13(11)15/h5-10,16H,1-4H3. The van der Waals surface area contributed by atoms with E-state index in [1.807, 2.05) is 18.2 Å². The van der Waals surface area contributed by atoms with Crippen molar-refractivity contribution in [1.29, 1.82) is 0 Å². The fraction of sp³-hybridized carbons (Fsp3) is 0.538. The van der Waals surface area contributed by atoms with Crippen LogP contribution in [0.3, 0.4) is 0 Å². The minimum Gasteiger partial charge on any atom is -0.311 e. The molecule has 0 aromatic heterocycles. The van der Waals surface area contributed by atoms with Crippen LogP contribution in [-0.2, 0) is 0 Å². The zero-order chi connectivity index (χ0) is 12.3. The van der Waals surface area contributed by atoms with Gasteiger partial charge in [0.2, 0.25) is 0 Å². The number of rotatable bonds is 4. The van der Waals surface area contributed by atoms with E-state index in [4.69, 9.17) is 23.2 Å². The lowest BCUT2D eigenvalue weighted by atomic mass is 9.94. The molecular weight excluding hydrogens is 241 g/mol. The highest BCUT2D eigenvalue weighted by Crippen LogP contribution is 2.32. The van der Waals surface area contributed by atoms with Gasteiger partial charge in [-0.05, 0) is 24.5 Å². The molecular formula is C13H19Cl2N. The molecule has 0 heterocycles. The van der Waals surface area contributed by atoms with E-state index in [-0.39, 0.29) is 0 Å². The Hall–Kier alpha value is -0.240. The number of hydrogen-bond donors (Lipinski definition) is 1. The van der Waals surface area contributed by atoms with Crippen LogP contribution < -0.4 is 5.32 Å². The topological polar surface area (TPSA) is 12.0 Å². The van der Waals surface area contributed by atoms with E-state index in [9.17, 15) is 0 Å². The smallest absolute Gasteiger partial charge is 0.0627 e. The summed E-state index contributed by atoms with van der Waals surface area (Å²) in [6.07, 6.45) is 0. The zero-order valence-electron chi connectivity index (χ0n) is 10.2. The SMILES string of the molecule is CC(C)NC(C)C(C)c1cccc(Cl)c1Cl. The molecule has 1 rings (SSSR count). The molecule has 2 unspecified atom stereocenters. The van der Waals surface area contributed by atoms with Crippen LogP contribution in [0.15, 0.2) is 18.2 Å². The maximum Gasteiger partial charge on any atom is 0.0627 e. The second-order valence-electron chi connectivity index (χ2n) is 4.54. The van der Waals surface area contributed by atoms with E-state index in [2.05, 4.69) is 33.0 Å². The number of hydrogen-bond acceptors (Lipinski definition) is 1. The van der Waals surface area contributed by atoms with E-state index in [0.29, 0.717) is 28.0 Å². The maximum absolute atomic E-state index is 6.21. The first-order valence-electron chi connectivity index (χ1n) is 5.63. The van der Waals surface area contributed by atoms with Crippen molar-refractivity contribution < 1.29 is 0 Å². The fourth-order valence-corrected chi connectivity index (χ4v) is 2.29. The van der Waals surface area contributed by atoms with E-state index in [1.54, 1.807) is 0 Å². The van der Waals surface area contributed by atoms with Crippen LogP contribution in [0.4, 0.5) is 0 Å². The third-order valence-corrected chi connectivity index (χ3v) is 3.65. The predicted octanol–water partition coefficient (Wildman–Crippen LogP) is 4.48. The lowest BCUT2D eigenvalue weighted by molar-refractivity contribution is 0.440. The Morgan fingerprint density at radius 3 is 2.25 bits per heavy atom. The normalized spacial score (nSPS) is 15.2.